The molecule has 0 aliphatic carbocycles. The topological polar surface area (TPSA) is 134 Å². The predicted molar refractivity (Wildman–Crippen MR) is 134 cm³/mol. The molecule has 1 aromatic rings. The first-order valence-electron chi connectivity index (χ1n) is 11.4. The van der Waals surface area contributed by atoms with E-state index in [0.717, 1.165) is 9.91 Å². The second-order valence-corrected chi connectivity index (χ2v) is 10.9. The minimum absolute atomic E-state index is 0.115. The number of aromatic nitrogens is 1. The molecule has 0 aliphatic rings. The summed E-state index contributed by atoms with van der Waals surface area (Å²) in [7, 11) is 3.79. The number of alkyl carbamates (subject to hydrolysis) is 1. The summed E-state index contributed by atoms with van der Waals surface area (Å²) < 4.78 is 15.6. The molecule has 1 atom stereocenters. The number of nitrogens with zero attached hydrogens (tertiary/aromatic N) is 3. The lowest BCUT2D eigenvalue weighted by molar-refractivity contribution is 0.0352. The molecule has 0 bridgehead atoms. The predicted octanol–water partition coefficient (Wildman–Crippen LogP) is 4.40. The highest BCUT2D eigenvalue weighted by molar-refractivity contribution is 7.09. The van der Waals surface area contributed by atoms with Crippen molar-refractivity contribution in [3.05, 3.63) is 16.1 Å². The van der Waals surface area contributed by atoms with E-state index in [0.29, 0.717) is 12.8 Å². The van der Waals surface area contributed by atoms with Gasteiger partial charge in [0.15, 0.2) is 5.69 Å². The lowest BCUT2D eigenvalue weighted by Gasteiger charge is -2.29. The summed E-state index contributed by atoms with van der Waals surface area (Å²) in [4.78, 5) is 44.3. The summed E-state index contributed by atoms with van der Waals surface area (Å²) in [6.07, 6.45) is -0.549. The number of carbonyl (C=O) groups excluding carboxylic acids is 3. The molecular weight excluding hydrogens is 474 g/mol. The highest BCUT2D eigenvalue weighted by Crippen LogP contribution is 2.27. The maximum absolute atomic E-state index is 12.8. The van der Waals surface area contributed by atoms with Crippen molar-refractivity contribution in [1.82, 2.24) is 20.1 Å². The largest absolute Gasteiger partial charge is 0.461 e. The zero-order valence-corrected chi connectivity index (χ0v) is 23.0. The van der Waals surface area contributed by atoms with E-state index in [-0.39, 0.29) is 24.9 Å². The summed E-state index contributed by atoms with van der Waals surface area (Å²) in [5, 5.41) is 13.0. The van der Waals surface area contributed by atoms with Crippen LogP contribution in [-0.2, 0) is 14.2 Å². The van der Waals surface area contributed by atoms with Crippen molar-refractivity contribution >= 4 is 35.5 Å². The molecule has 0 aromatic carbocycles. The second-order valence-electron chi connectivity index (χ2n) is 10.0. The van der Waals surface area contributed by atoms with Crippen LogP contribution in [0.3, 0.4) is 0 Å². The van der Waals surface area contributed by atoms with Gasteiger partial charge in [-0.3, -0.25) is 10.7 Å². The Kier molecular flexibility index (Phi) is 11.1. The number of hydrogen-bond donors (Lipinski definition) is 2. The van der Waals surface area contributed by atoms with Crippen LogP contribution >= 0.6 is 11.3 Å². The molecule has 1 heterocycles. The molecule has 1 rings (SSSR count). The summed E-state index contributed by atoms with van der Waals surface area (Å²) >= 11 is 1.36. The van der Waals surface area contributed by atoms with Crippen LogP contribution in [0.15, 0.2) is 5.38 Å². The van der Waals surface area contributed by atoms with Gasteiger partial charge in [-0.15, -0.1) is 11.3 Å². The number of thiazole rings is 1. The highest BCUT2D eigenvalue weighted by Gasteiger charge is 2.28. The van der Waals surface area contributed by atoms with Crippen LogP contribution in [0.2, 0.25) is 0 Å². The van der Waals surface area contributed by atoms with Crippen LogP contribution in [0.25, 0.3) is 0 Å². The number of hydrogen-bond acceptors (Lipinski definition) is 10. The molecule has 2 N–H and O–H groups in total. The standard InChI is InChI=1S/C23H39N5O6S/c1-10-32-18(29)15-14-35-17(25-15)16(27(8)9)12-11-13-28(21(31)34-23(5,6)7)19(24)26-20(30)33-22(2,3)4/h14,16H,10-13H2,1-9H3,(H2,24,26,30). The first-order valence-corrected chi connectivity index (χ1v) is 12.3. The fourth-order valence-corrected chi connectivity index (χ4v) is 3.88. The van der Waals surface area contributed by atoms with E-state index in [9.17, 15) is 14.4 Å². The number of nitrogens with one attached hydrogen (secondary N) is 2. The van der Waals surface area contributed by atoms with Crippen molar-refractivity contribution < 1.29 is 28.6 Å². The second kappa shape index (κ2) is 12.8. The molecule has 1 unspecified atom stereocenters. The van der Waals surface area contributed by atoms with Gasteiger partial charge in [0.25, 0.3) is 0 Å². The van der Waals surface area contributed by atoms with Crippen molar-refractivity contribution in [1.29, 1.82) is 5.41 Å². The molecular formula is C23H39N5O6S. The van der Waals surface area contributed by atoms with Gasteiger partial charge < -0.3 is 19.1 Å². The minimum Gasteiger partial charge on any atom is -0.461 e. The van der Waals surface area contributed by atoms with Crippen LogP contribution in [0.1, 0.15) is 82.8 Å². The Labute approximate surface area is 211 Å². The third kappa shape index (κ3) is 11.0. The zero-order valence-electron chi connectivity index (χ0n) is 22.2. The molecule has 2 amide bonds. The van der Waals surface area contributed by atoms with Crippen molar-refractivity contribution in [3.63, 3.8) is 0 Å². The lowest BCUT2D eigenvalue weighted by Crippen LogP contribution is -2.49. The van der Waals surface area contributed by atoms with Crippen molar-refractivity contribution in [2.45, 2.75) is 78.6 Å². The fourth-order valence-electron chi connectivity index (χ4n) is 2.86. The Morgan fingerprint density at radius 1 is 1.11 bits per heavy atom. The normalized spacial score (nSPS) is 12.6. The molecule has 35 heavy (non-hydrogen) atoms. The number of esters is 1. The van der Waals surface area contributed by atoms with Gasteiger partial charge >= 0.3 is 18.2 Å². The number of guanidine groups is 1. The van der Waals surface area contributed by atoms with Gasteiger partial charge in [-0.1, -0.05) is 0 Å². The van der Waals surface area contributed by atoms with Crippen molar-refractivity contribution in [2.24, 2.45) is 0 Å². The monoisotopic (exact) mass is 513 g/mol. The maximum Gasteiger partial charge on any atom is 0.417 e. The van der Waals surface area contributed by atoms with E-state index in [2.05, 4.69) is 10.3 Å². The lowest BCUT2D eigenvalue weighted by atomic mass is 10.1. The molecule has 0 fully saturated rings. The van der Waals surface area contributed by atoms with Gasteiger partial charge in [-0.2, -0.15) is 0 Å². The molecule has 1 aromatic heterocycles. The van der Waals surface area contributed by atoms with E-state index in [4.69, 9.17) is 19.6 Å². The smallest absolute Gasteiger partial charge is 0.417 e. The van der Waals surface area contributed by atoms with Gasteiger partial charge in [0.2, 0.25) is 5.96 Å². The molecule has 0 saturated heterocycles. The summed E-state index contributed by atoms with van der Waals surface area (Å²) in [6, 6.07) is -0.128. The molecule has 12 heteroatoms. The summed E-state index contributed by atoms with van der Waals surface area (Å²) in [6.45, 7) is 12.4. The van der Waals surface area contributed by atoms with Crippen LogP contribution in [-0.4, -0.2) is 77.3 Å². The number of carbonyl (C=O) groups is 3. The molecule has 198 valence electrons. The van der Waals surface area contributed by atoms with E-state index < -0.39 is 35.3 Å². The van der Waals surface area contributed by atoms with E-state index >= 15 is 0 Å². The third-order valence-corrected chi connectivity index (χ3v) is 5.22. The first kappa shape index (κ1) is 30.3. The van der Waals surface area contributed by atoms with Gasteiger partial charge in [0.1, 0.15) is 16.2 Å². The average molecular weight is 514 g/mol. The number of ether oxygens (including phenoxy) is 3. The molecule has 0 saturated carbocycles. The van der Waals surface area contributed by atoms with E-state index in [1.54, 1.807) is 53.8 Å². The SMILES string of the molecule is CCOC(=O)c1csc(C(CCCN(C(=N)NC(=O)OC(C)(C)C)C(=O)OC(C)(C)C)N(C)C)n1. The molecule has 0 aliphatic heterocycles. The van der Waals surface area contributed by atoms with Crippen molar-refractivity contribution in [3.8, 4) is 0 Å². The van der Waals surface area contributed by atoms with Gasteiger partial charge in [0, 0.05) is 11.9 Å². The van der Waals surface area contributed by atoms with Gasteiger partial charge in [-0.25, -0.2) is 24.3 Å². The Balaban J connectivity index is 2.94. The minimum atomic E-state index is -0.837. The summed E-state index contributed by atoms with van der Waals surface area (Å²) in [5.74, 6) is -0.904. The molecule has 11 nitrogen and oxygen atoms in total. The maximum atomic E-state index is 12.8. The van der Waals surface area contributed by atoms with E-state index in [1.807, 2.05) is 19.0 Å². The zero-order chi connectivity index (χ0) is 27.0. The van der Waals surface area contributed by atoms with Gasteiger partial charge in [-0.05, 0) is 75.4 Å². The highest BCUT2D eigenvalue weighted by atomic mass is 32.1. The Hall–Kier alpha value is -2.73. The average Bonchev–Trinajstić information content (AvgIpc) is 3.14. The Morgan fingerprint density at radius 3 is 2.23 bits per heavy atom. The van der Waals surface area contributed by atoms with Crippen LogP contribution in [0.5, 0.6) is 0 Å². The van der Waals surface area contributed by atoms with Crippen LogP contribution in [0, 0.1) is 5.41 Å². The van der Waals surface area contributed by atoms with Gasteiger partial charge in [0.05, 0.1) is 12.6 Å². The Bertz CT molecular complexity index is 888. The summed E-state index contributed by atoms with van der Waals surface area (Å²) in [5.41, 5.74) is -1.27. The third-order valence-electron chi connectivity index (χ3n) is 4.28. The van der Waals surface area contributed by atoms with E-state index in [1.165, 1.54) is 11.3 Å². The molecule has 0 spiro atoms. The fraction of sp³-hybridized carbons (Fsp3) is 0.696. The van der Waals surface area contributed by atoms with Crippen molar-refractivity contribution in [2.75, 3.05) is 27.2 Å². The quantitative estimate of drug-likeness (QED) is 0.226. The number of rotatable bonds is 8. The number of amides is 2. The van der Waals surface area contributed by atoms with Crippen LogP contribution in [0.4, 0.5) is 9.59 Å². The Morgan fingerprint density at radius 2 is 1.71 bits per heavy atom. The first-order chi connectivity index (χ1) is 16.0. The van der Waals surface area contributed by atoms with Crippen LogP contribution < -0.4 is 5.32 Å². The molecule has 0 radical (unpaired) electrons.